The van der Waals surface area contributed by atoms with Crippen LogP contribution in [0.1, 0.15) is 47.0 Å². The van der Waals surface area contributed by atoms with Gasteiger partial charge < -0.3 is 14.8 Å². The molecule has 18 heavy (non-hydrogen) atoms. The molecule has 0 spiro atoms. The van der Waals surface area contributed by atoms with Crippen molar-refractivity contribution < 1.29 is 9.47 Å². The molecule has 1 N–H and O–H groups in total. The monoisotopic (exact) mass is 257 g/mol. The van der Waals surface area contributed by atoms with E-state index in [1.807, 2.05) is 6.92 Å². The van der Waals surface area contributed by atoms with Gasteiger partial charge in [-0.2, -0.15) is 0 Å². The Kier molecular flexibility index (Phi) is 7.87. The van der Waals surface area contributed by atoms with E-state index >= 15 is 0 Å². The molecule has 3 nitrogen and oxygen atoms in total. The summed E-state index contributed by atoms with van der Waals surface area (Å²) in [6.45, 7) is 12.1. The molecule has 0 amide bonds. The molecule has 0 radical (unpaired) electrons. The van der Waals surface area contributed by atoms with Crippen molar-refractivity contribution in [1.29, 1.82) is 0 Å². The summed E-state index contributed by atoms with van der Waals surface area (Å²) in [6, 6.07) is 0.534. The highest BCUT2D eigenvalue weighted by Gasteiger charge is 2.31. The largest absolute Gasteiger partial charge is 0.379 e. The number of likely N-dealkylation sites (N-methyl/N-ethyl adjacent to an activating group) is 1. The average Bonchev–Trinajstić information content (AvgIpc) is 2.36. The smallest absolute Gasteiger partial charge is 0.0731 e. The van der Waals surface area contributed by atoms with E-state index in [1.165, 1.54) is 19.3 Å². The van der Waals surface area contributed by atoms with Crippen LogP contribution in [0.4, 0.5) is 0 Å². The first-order chi connectivity index (χ1) is 8.69. The molecule has 3 atom stereocenters. The third-order valence-corrected chi connectivity index (χ3v) is 4.01. The summed E-state index contributed by atoms with van der Waals surface area (Å²) < 4.78 is 11.4. The molecular weight excluding hydrogens is 226 g/mol. The highest BCUT2D eigenvalue weighted by Crippen LogP contribution is 2.31. The molecule has 1 fully saturated rings. The van der Waals surface area contributed by atoms with Crippen LogP contribution in [-0.2, 0) is 9.47 Å². The van der Waals surface area contributed by atoms with Crippen molar-refractivity contribution in [3.63, 3.8) is 0 Å². The Labute approximate surface area is 113 Å². The standard InChI is InChI=1S/C15H31NO2/c1-5-16-14-8-7-13(12(3)4)11-15(14)18-10-9-17-6-2/h12-16H,5-11H2,1-4H3. The minimum Gasteiger partial charge on any atom is -0.379 e. The van der Waals surface area contributed by atoms with Crippen LogP contribution in [0.25, 0.3) is 0 Å². The Balaban J connectivity index is 2.39. The van der Waals surface area contributed by atoms with Crippen LogP contribution in [0.15, 0.2) is 0 Å². The summed E-state index contributed by atoms with van der Waals surface area (Å²) in [5, 5.41) is 3.57. The Hall–Kier alpha value is -0.120. The van der Waals surface area contributed by atoms with Gasteiger partial charge in [0, 0.05) is 12.6 Å². The normalized spacial score (nSPS) is 28.8. The third-order valence-electron chi connectivity index (χ3n) is 4.01. The van der Waals surface area contributed by atoms with Gasteiger partial charge in [-0.05, 0) is 44.6 Å². The van der Waals surface area contributed by atoms with E-state index in [0.29, 0.717) is 12.1 Å². The van der Waals surface area contributed by atoms with Gasteiger partial charge in [-0.25, -0.2) is 0 Å². The molecule has 1 saturated carbocycles. The number of hydrogen-bond acceptors (Lipinski definition) is 3. The zero-order valence-electron chi connectivity index (χ0n) is 12.6. The Morgan fingerprint density at radius 2 is 1.94 bits per heavy atom. The van der Waals surface area contributed by atoms with E-state index in [1.54, 1.807) is 0 Å². The van der Waals surface area contributed by atoms with Crippen LogP contribution in [-0.4, -0.2) is 38.5 Å². The van der Waals surface area contributed by atoms with Crippen molar-refractivity contribution in [3.8, 4) is 0 Å². The van der Waals surface area contributed by atoms with Crippen LogP contribution >= 0.6 is 0 Å². The lowest BCUT2D eigenvalue weighted by molar-refractivity contribution is -0.0390. The van der Waals surface area contributed by atoms with Gasteiger partial charge in [0.25, 0.3) is 0 Å². The van der Waals surface area contributed by atoms with Crippen LogP contribution in [0.3, 0.4) is 0 Å². The first-order valence-electron chi connectivity index (χ1n) is 7.61. The molecule has 1 aliphatic rings. The molecule has 0 aromatic carbocycles. The van der Waals surface area contributed by atoms with E-state index in [0.717, 1.165) is 38.2 Å². The van der Waals surface area contributed by atoms with E-state index in [2.05, 4.69) is 26.1 Å². The number of rotatable bonds is 8. The Morgan fingerprint density at radius 3 is 2.56 bits per heavy atom. The summed E-state index contributed by atoms with van der Waals surface area (Å²) >= 11 is 0. The minimum atomic E-state index is 0.367. The average molecular weight is 257 g/mol. The topological polar surface area (TPSA) is 30.5 Å². The van der Waals surface area contributed by atoms with Crippen molar-refractivity contribution in [3.05, 3.63) is 0 Å². The molecule has 0 heterocycles. The van der Waals surface area contributed by atoms with Crippen molar-refractivity contribution >= 4 is 0 Å². The first kappa shape index (κ1) is 15.9. The molecule has 1 rings (SSSR count). The lowest BCUT2D eigenvalue weighted by Crippen LogP contribution is -2.46. The molecular formula is C15H31NO2. The van der Waals surface area contributed by atoms with Gasteiger partial charge in [0.05, 0.1) is 19.3 Å². The lowest BCUT2D eigenvalue weighted by atomic mass is 9.78. The minimum absolute atomic E-state index is 0.367. The summed E-state index contributed by atoms with van der Waals surface area (Å²) in [4.78, 5) is 0. The maximum Gasteiger partial charge on any atom is 0.0731 e. The fraction of sp³-hybridized carbons (Fsp3) is 1.00. The highest BCUT2D eigenvalue weighted by molar-refractivity contribution is 4.86. The summed E-state index contributed by atoms with van der Waals surface area (Å²) in [7, 11) is 0. The van der Waals surface area contributed by atoms with Gasteiger partial charge in [-0.15, -0.1) is 0 Å². The van der Waals surface area contributed by atoms with Crippen LogP contribution in [0.5, 0.6) is 0 Å². The third kappa shape index (κ3) is 5.25. The molecule has 0 saturated heterocycles. The van der Waals surface area contributed by atoms with Gasteiger partial charge in [0.2, 0.25) is 0 Å². The fourth-order valence-electron chi connectivity index (χ4n) is 2.85. The first-order valence-corrected chi connectivity index (χ1v) is 7.61. The number of ether oxygens (including phenoxy) is 2. The maximum absolute atomic E-state index is 6.04. The van der Waals surface area contributed by atoms with Gasteiger partial charge in [-0.3, -0.25) is 0 Å². The Morgan fingerprint density at radius 1 is 1.17 bits per heavy atom. The molecule has 3 heteroatoms. The quantitative estimate of drug-likeness (QED) is 0.678. The maximum atomic E-state index is 6.04. The SMILES string of the molecule is CCNC1CCC(C(C)C)CC1OCCOCC. The van der Waals surface area contributed by atoms with E-state index < -0.39 is 0 Å². The number of nitrogens with one attached hydrogen (secondary N) is 1. The van der Waals surface area contributed by atoms with Crippen molar-refractivity contribution in [2.24, 2.45) is 11.8 Å². The van der Waals surface area contributed by atoms with Crippen molar-refractivity contribution in [1.82, 2.24) is 5.32 Å². The van der Waals surface area contributed by atoms with Crippen molar-refractivity contribution in [2.75, 3.05) is 26.4 Å². The number of hydrogen-bond donors (Lipinski definition) is 1. The molecule has 0 aromatic heterocycles. The lowest BCUT2D eigenvalue weighted by Gasteiger charge is -2.38. The highest BCUT2D eigenvalue weighted by atomic mass is 16.5. The van der Waals surface area contributed by atoms with E-state index in [-0.39, 0.29) is 0 Å². The van der Waals surface area contributed by atoms with Crippen LogP contribution in [0, 0.1) is 11.8 Å². The van der Waals surface area contributed by atoms with Gasteiger partial charge in [-0.1, -0.05) is 20.8 Å². The second-order valence-electron chi connectivity index (χ2n) is 5.59. The van der Waals surface area contributed by atoms with Gasteiger partial charge >= 0.3 is 0 Å². The zero-order chi connectivity index (χ0) is 13.4. The molecule has 3 unspecified atom stereocenters. The molecule has 1 aliphatic carbocycles. The van der Waals surface area contributed by atoms with Gasteiger partial charge in [0.15, 0.2) is 0 Å². The fourth-order valence-corrected chi connectivity index (χ4v) is 2.85. The van der Waals surface area contributed by atoms with E-state index in [9.17, 15) is 0 Å². The molecule has 0 aromatic rings. The van der Waals surface area contributed by atoms with Crippen molar-refractivity contribution in [2.45, 2.75) is 59.1 Å². The summed E-state index contributed by atoms with van der Waals surface area (Å²) in [5.41, 5.74) is 0. The summed E-state index contributed by atoms with van der Waals surface area (Å²) in [6.07, 6.45) is 4.14. The molecule has 108 valence electrons. The second kappa shape index (κ2) is 8.89. The van der Waals surface area contributed by atoms with Crippen LogP contribution in [0.2, 0.25) is 0 Å². The predicted molar refractivity (Wildman–Crippen MR) is 75.9 cm³/mol. The predicted octanol–water partition coefficient (Wildman–Crippen LogP) is 2.84. The van der Waals surface area contributed by atoms with Gasteiger partial charge in [0.1, 0.15) is 0 Å². The second-order valence-corrected chi connectivity index (χ2v) is 5.59. The zero-order valence-corrected chi connectivity index (χ0v) is 12.6. The molecule has 0 aliphatic heterocycles. The summed E-state index contributed by atoms with van der Waals surface area (Å²) in [5.74, 6) is 1.59. The van der Waals surface area contributed by atoms with Crippen LogP contribution < -0.4 is 5.32 Å². The Bertz CT molecular complexity index is 209. The molecule has 0 bridgehead atoms. The van der Waals surface area contributed by atoms with E-state index in [4.69, 9.17) is 9.47 Å².